The molecule has 2 fully saturated rings. The lowest BCUT2D eigenvalue weighted by molar-refractivity contribution is 0.0152. The monoisotopic (exact) mass is 447 g/mol. The molecule has 6 heteroatoms. The Bertz CT molecular complexity index is 737. The van der Waals surface area contributed by atoms with Gasteiger partial charge in [0.15, 0.2) is 5.69 Å². The van der Waals surface area contributed by atoms with Crippen molar-refractivity contribution in [3.05, 3.63) is 34.1 Å². The van der Waals surface area contributed by atoms with Crippen molar-refractivity contribution in [2.24, 2.45) is 11.8 Å². The molecule has 2 saturated heterocycles. The number of ether oxygens (including phenoxy) is 1. The third kappa shape index (κ3) is 5.20. The summed E-state index contributed by atoms with van der Waals surface area (Å²) >= 11 is 3.62. The number of piperidine rings is 2. The molecule has 0 saturated carbocycles. The van der Waals surface area contributed by atoms with E-state index in [0.29, 0.717) is 11.6 Å². The molecule has 0 N–H and O–H groups in total. The largest absolute Gasteiger partial charge is 0.444 e. The number of anilines is 1. The second-order valence-electron chi connectivity index (χ2n) is 8.88. The van der Waals surface area contributed by atoms with E-state index in [4.69, 9.17) is 11.3 Å². The summed E-state index contributed by atoms with van der Waals surface area (Å²) in [6, 6.07) is 5.85. The van der Waals surface area contributed by atoms with Crippen LogP contribution in [-0.2, 0) is 4.74 Å². The van der Waals surface area contributed by atoms with Crippen molar-refractivity contribution in [1.82, 2.24) is 4.90 Å². The number of amides is 1. The molecule has 2 aliphatic rings. The summed E-state index contributed by atoms with van der Waals surface area (Å²) in [5.41, 5.74) is 1.43. The Balaban J connectivity index is 1.49. The van der Waals surface area contributed by atoms with Crippen LogP contribution in [0.5, 0.6) is 0 Å². The maximum atomic E-state index is 12.2. The number of nitrogens with zero attached hydrogens (tertiary/aromatic N) is 3. The molecule has 0 radical (unpaired) electrons. The summed E-state index contributed by atoms with van der Waals surface area (Å²) in [6.07, 6.45) is 4.36. The Kier molecular flexibility index (Phi) is 6.54. The van der Waals surface area contributed by atoms with E-state index < -0.39 is 5.60 Å². The van der Waals surface area contributed by atoms with Crippen LogP contribution in [0.3, 0.4) is 0 Å². The Morgan fingerprint density at radius 3 is 2.18 bits per heavy atom. The van der Waals surface area contributed by atoms with E-state index in [1.807, 2.05) is 37.8 Å². The molecule has 0 aromatic heterocycles. The summed E-state index contributed by atoms with van der Waals surface area (Å²) in [6.45, 7) is 16.6. The normalized spacial score (nSPS) is 19.4. The van der Waals surface area contributed by atoms with Gasteiger partial charge < -0.3 is 14.5 Å². The van der Waals surface area contributed by atoms with Crippen LogP contribution >= 0.6 is 15.9 Å². The summed E-state index contributed by atoms with van der Waals surface area (Å²) in [7, 11) is 0. The minimum atomic E-state index is -0.429. The maximum Gasteiger partial charge on any atom is 0.410 e. The molecule has 0 spiro atoms. The van der Waals surface area contributed by atoms with E-state index in [1.165, 1.54) is 18.5 Å². The van der Waals surface area contributed by atoms with Crippen molar-refractivity contribution in [2.45, 2.75) is 52.1 Å². The molecular weight excluding hydrogens is 418 g/mol. The van der Waals surface area contributed by atoms with E-state index in [0.717, 1.165) is 49.4 Å². The van der Waals surface area contributed by atoms with E-state index in [1.54, 1.807) is 0 Å². The average molecular weight is 448 g/mol. The fraction of sp³-hybridized carbons (Fsp3) is 0.636. The Morgan fingerprint density at radius 2 is 1.68 bits per heavy atom. The third-order valence-electron chi connectivity index (χ3n) is 5.80. The van der Waals surface area contributed by atoms with Crippen molar-refractivity contribution in [3.63, 3.8) is 0 Å². The SMILES string of the molecule is [C-]#[N+]c1ccc(N2CCC(C3CCN(C(=O)OC(C)(C)C)CC3)CC2)c(Br)c1. The van der Waals surface area contributed by atoms with Gasteiger partial charge in [0.2, 0.25) is 0 Å². The van der Waals surface area contributed by atoms with Crippen molar-refractivity contribution in [1.29, 1.82) is 0 Å². The smallest absolute Gasteiger partial charge is 0.410 e. The number of halogens is 1. The van der Waals surface area contributed by atoms with Crippen LogP contribution in [0.15, 0.2) is 22.7 Å². The van der Waals surface area contributed by atoms with Gasteiger partial charge in [0.25, 0.3) is 0 Å². The minimum Gasteiger partial charge on any atom is -0.444 e. The summed E-state index contributed by atoms with van der Waals surface area (Å²) < 4.78 is 6.51. The zero-order valence-electron chi connectivity index (χ0n) is 17.1. The molecular formula is C22H30BrN3O2. The van der Waals surface area contributed by atoms with Crippen LogP contribution in [0, 0.1) is 18.4 Å². The Hall–Kier alpha value is -1.74. The number of carbonyl (C=O) groups is 1. The van der Waals surface area contributed by atoms with Gasteiger partial charge in [-0.25, -0.2) is 9.64 Å². The first-order valence-electron chi connectivity index (χ1n) is 10.2. The molecule has 0 bridgehead atoms. The lowest BCUT2D eigenvalue weighted by atomic mass is 9.79. The van der Waals surface area contributed by atoms with Crippen molar-refractivity contribution in [2.75, 3.05) is 31.1 Å². The van der Waals surface area contributed by atoms with Gasteiger partial charge in [0.05, 0.1) is 6.57 Å². The van der Waals surface area contributed by atoms with Gasteiger partial charge in [-0.3, -0.25) is 0 Å². The highest BCUT2D eigenvalue weighted by Crippen LogP contribution is 2.37. The number of likely N-dealkylation sites (tertiary alicyclic amines) is 1. The average Bonchev–Trinajstić information content (AvgIpc) is 2.67. The van der Waals surface area contributed by atoms with Crippen molar-refractivity contribution >= 4 is 33.4 Å². The van der Waals surface area contributed by atoms with Gasteiger partial charge in [-0.1, -0.05) is 6.07 Å². The van der Waals surface area contributed by atoms with E-state index >= 15 is 0 Å². The zero-order valence-corrected chi connectivity index (χ0v) is 18.7. The summed E-state index contributed by atoms with van der Waals surface area (Å²) in [4.78, 5) is 20.0. The number of hydrogen-bond donors (Lipinski definition) is 0. The van der Waals surface area contributed by atoms with Gasteiger partial charge in [-0.15, -0.1) is 0 Å². The fourth-order valence-corrected chi connectivity index (χ4v) is 4.93. The van der Waals surface area contributed by atoms with Gasteiger partial charge in [-0.05, 0) is 86.4 Å². The topological polar surface area (TPSA) is 37.1 Å². The van der Waals surface area contributed by atoms with Crippen LogP contribution in [0.1, 0.15) is 46.5 Å². The van der Waals surface area contributed by atoms with Crippen molar-refractivity contribution < 1.29 is 9.53 Å². The lowest BCUT2D eigenvalue weighted by Gasteiger charge is -2.41. The summed E-state index contributed by atoms with van der Waals surface area (Å²) in [5, 5.41) is 0. The molecule has 2 heterocycles. The highest BCUT2D eigenvalue weighted by Gasteiger charge is 2.32. The quantitative estimate of drug-likeness (QED) is 0.532. The first kappa shape index (κ1) is 21.0. The van der Waals surface area contributed by atoms with E-state index in [9.17, 15) is 4.79 Å². The number of rotatable bonds is 2. The van der Waals surface area contributed by atoms with Gasteiger partial charge in [0.1, 0.15) is 5.60 Å². The Morgan fingerprint density at radius 1 is 1.11 bits per heavy atom. The molecule has 0 atom stereocenters. The highest BCUT2D eigenvalue weighted by atomic mass is 79.9. The van der Waals surface area contributed by atoms with Crippen LogP contribution in [-0.4, -0.2) is 42.8 Å². The number of benzene rings is 1. The predicted molar refractivity (Wildman–Crippen MR) is 116 cm³/mol. The molecule has 152 valence electrons. The van der Waals surface area contributed by atoms with Crippen LogP contribution < -0.4 is 4.90 Å². The molecule has 5 nitrogen and oxygen atoms in total. The molecule has 3 rings (SSSR count). The second kappa shape index (κ2) is 8.73. The number of carbonyl (C=O) groups excluding carboxylic acids is 1. The fourth-order valence-electron chi connectivity index (χ4n) is 4.31. The molecule has 1 amide bonds. The molecule has 2 aliphatic heterocycles. The maximum absolute atomic E-state index is 12.2. The molecule has 0 aliphatic carbocycles. The Labute approximate surface area is 177 Å². The van der Waals surface area contributed by atoms with Gasteiger partial charge in [-0.2, -0.15) is 0 Å². The van der Waals surface area contributed by atoms with E-state index in [-0.39, 0.29) is 6.09 Å². The lowest BCUT2D eigenvalue weighted by Crippen LogP contribution is -2.44. The third-order valence-corrected chi connectivity index (χ3v) is 6.43. The van der Waals surface area contributed by atoms with Gasteiger partial charge in [0, 0.05) is 36.3 Å². The summed E-state index contributed by atoms with van der Waals surface area (Å²) in [5.74, 6) is 1.44. The van der Waals surface area contributed by atoms with Gasteiger partial charge >= 0.3 is 6.09 Å². The van der Waals surface area contributed by atoms with Crippen LogP contribution in [0.25, 0.3) is 4.85 Å². The predicted octanol–water partition coefficient (Wildman–Crippen LogP) is 5.86. The van der Waals surface area contributed by atoms with Crippen molar-refractivity contribution in [3.8, 4) is 0 Å². The van der Waals surface area contributed by atoms with Crippen LogP contribution in [0.4, 0.5) is 16.2 Å². The standard InChI is InChI=1S/C22H30BrN3O2/c1-22(2,3)28-21(27)26-13-9-17(10-14-26)16-7-11-25(12-8-16)20-6-5-18(24-4)15-19(20)23/h5-6,15-17H,7-14H2,1-3H3. The zero-order chi connectivity index (χ0) is 20.3. The minimum absolute atomic E-state index is 0.173. The highest BCUT2D eigenvalue weighted by molar-refractivity contribution is 9.10. The molecule has 28 heavy (non-hydrogen) atoms. The van der Waals surface area contributed by atoms with E-state index in [2.05, 4.69) is 31.7 Å². The molecule has 0 unspecified atom stereocenters. The second-order valence-corrected chi connectivity index (χ2v) is 9.73. The first-order valence-corrected chi connectivity index (χ1v) is 11.0. The van der Waals surface area contributed by atoms with Crippen LogP contribution in [0.2, 0.25) is 0 Å². The first-order chi connectivity index (χ1) is 13.3. The molecule has 1 aromatic rings. The molecule has 1 aromatic carbocycles. The number of hydrogen-bond acceptors (Lipinski definition) is 3.